The van der Waals surface area contributed by atoms with Crippen LogP contribution in [0.3, 0.4) is 0 Å². The summed E-state index contributed by atoms with van der Waals surface area (Å²) in [7, 11) is 1.50. The number of halogens is 1. The maximum atomic E-state index is 12.6. The number of amides is 1. The summed E-state index contributed by atoms with van der Waals surface area (Å²) in [5.41, 5.74) is 2.49. The number of ether oxygens (including phenoxy) is 2. The lowest BCUT2D eigenvalue weighted by Crippen LogP contribution is -2.13. The Labute approximate surface area is 204 Å². The number of carbonyl (C=O) groups excluding carboxylic acids is 1. The van der Waals surface area contributed by atoms with Crippen LogP contribution in [0.5, 0.6) is 11.5 Å². The molecule has 0 aliphatic carbocycles. The lowest BCUT2D eigenvalue weighted by Gasteiger charge is -2.13. The van der Waals surface area contributed by atoms with Crippen LogP contribution >= 0.6 is 15.9 Å². The number of nitro benzene ring substituents is 1. The number of aryl methyl sites for hydroxylation is 1. The topological polar surface area (TPSA) is 114 Å². The molecule has 0 saturated carbocycles. The molecule has 0 bridgehead atoms. The van der Waals surface area contributed by atoms with Gasteiger partial charge in [0.05, 0.1) is 12.0 Å². The average molecular weight is 522 g/mol. The van der Waals surface area contributed by atoms with Crippen molar-refractivity contribution in [2.24, 2.45) is 0 Å². The highest BCUT2D eigenvalue weighted by Gasteiger charge is 2.15. The van der Waals surface area contributed by atoms with Crippen LogP contribution in [0.1, 0.15) is 16.7 Å². The second-order valence-corrected chi connectivity index (χ2v) is 8.09. The Morgan fingerprint density at radius 3 is 2.62 bits per heavy atom. The van der Waals surface area contributed by atoms with Crippen LogP contribution in [0.25, 0.3) is 6.08 Å². The molecule has 0 fully saturated rings. The molecule has 3 rings (SSSR count). The normalized spacial score (nSPS) is 10.8. The predicted molar refractivity (Wildman–Crippen MR) is 132 cm³/mol. The summed E-state index contributed by atoms with van der Waals surface area (Å²) in [6, 6.07) is 18.6. The summed E-state index contributed by atoms with van der Waals surface area (Å²) in [5.74, 6) is 0.222. The van der Waals surface area contributed by atoms with Crippen molar-refractivity contribution < 1.29 is 19.2 Å². The Kier molecular flexibility index (Phi) is 8.01. The van der Waals surface area contributed by atoms with E-state index in [1.807, 2.05) is 37.3 Å². The van der Waals surface area contributed by atoms with Crippen molar-refractivity contribution >= 4 is 39.3 Å². The molecule has 34 heavy (non-hydrogen) atoms. The molecule has 0 heterocycles. The fourth-order valence-corrected chi connectivity index (χ4v) is 3.53. The van der Waals surface area contributed by atoms with Crippen molar-refractivity contribution in [3.63, 3.8) is 0 Å². The van der Waals surface area contributed by atoms with Crippen molar-refractivity contribution in [1.29, 1.82) is 5.26 Å². The van der Waals surface area contributed by atoms with E-state index in [4.69, 9.17) is 9.47 Å². The number of methoxy groups -OCH3 is 1. The molecule has 3 aromatic rings. The van der Waals surface area contributed by atoms with Gasteiger partial charge in [-0.05, 0) is 42.3 Å². The first kappa shape index (κ1) is 24.5. The zero-order valence-electron chi connectivity index (χ0n) is 18.4. The van der Waals surface area contributed by atoms with Gasteiger partial charge in [0, 0.05) is 22.3 Å². The third kappa shape index (κ3) is 6.21. The maximum absolute atomic E-state index is 12.6. The number of carbonyl (C=O) groups is 1. The SMILES string of the molecule is COc1cc(/C=C(\C#N)C(=O)Nc2cccc([N+](=O)[O-])c2)c(Br)cc1OCc1cccc(C)c1. The molecule has 172 valence electrons. The highest BCUT2D eigenvalue weighted by atomic mass is 79.9. The Morgan fingerprint density at radius 2 is 1.94 bits per heavy atom. The van der Waals surface area contributed by atoms with Crippen LogP contribution in [0.15, 0.2) is 70.7 Å². The number of nitrogens with zero attached hydrogens (tertiary/aromatic N) is 2. The minimum Gasteiger partial charge on any atom is -0.493 e. The van der Waals surface area contributed by atoms with Crippen molar-refractivity contribution in [2.75, 3.05) is 12.4 Å². The summed E-state index contributed by atoms with van der Waals surface area (Å²) in [6.45, 7) is 2.35. The molecule has 0 atom stereocenters. The van der Waals surface area contributed by atoms with Crippen LogP contribution in [0.4, 0.5) is 11.4 Å². The summed E-state index contributed by atoms with van der Waals surface area (Å²) in [6.07, 6.45) is 1.39. The number of rotatable bonds is 8. The molecule has 0 aliphatic rings. The molecule has 8 nitrogen and oxygen atoms in total. The second kappa shape index (κ2) is 11.1. The van der Waals surface area contributed by atoms with Gasteiger partial charge in [-0.2, -0.15) is 5.26 Å². The Bertz CT molecular complexity index is 1310. The van der Waals surface area contributed by atoms with Crippen molar-refractivity contribution in [1.82, 2.24) is 0 Å². The summed E-state index contributed by atoms with van der Waals surface area (Å²) in [4.78, 5) is 23.0. The Morgan fingerprint density at radius 1 is 1.18 bits per heavy atom. The van der Waals surface area contributed by atoms with E-state index >= 15 is 0 Å². The van der Waals surface area contributed by atoms with Gasteiger partial charge in [-0.15, -0.1) is 0 Å². The Hall–Kier alpha value is -4.16. The molecular weight excluding hydrogens is 502 g/mol. The molecule has 3 aromatic carbocycles. The van der Waals surface area contributed by atoms with E-state index in [9.17, 15) is 20.2 Å². The second-order valence-electron chi connectivity index (χ2n) is 7.23. The number of nitrogens with one attached hydrogen (secondary N) is 1. The van der Waals surface area contributed by atoms with Crippen molar-refractivity contribution in [2.45, 2.75) is 13.5 Å². The first-order chi connectivity index (χ1) is 16.3. The zero-order chi connectivity index (χ0) is 24.7. The highest BCUT2D eigenvalue weighted by Crippen LogP contribution is 2.35. The van der Waals surface area contributed by atoms with Gasteiger partial charge in [0.25, 0.3) is 11.6 Å². The van der Waals surface area contributed by atoms with Gasteiger partial charge in [-0.1, -0.05) is 51.8 Å². The number of benzene rings is 3. The number of non-ortho nitro benzene ring substituents is 1. The van der Waals surface area contributed by atoms with Crippen LogP contribution in [0, 0.1) is 28.4 Å². The molecule has 1 amide bonds. The summed E-state index contributed by atoms with van der Waals surface area (Å²) < 4.78 is 11.9. The first-order valence-electron chi connectivity index (χ1n) is 10.0. The minimum absolute atomic E-state index is 0.172. The fourth-order valence-electron chi connectivity index (χ4n) is 3.10. The quantitative estimate of drug-likeness (QED) is 0.173. The monoisotopic (exact) mass is 521 g/mol. The third-order valence-corrected chi connectivity index (χ3v) is 5.43. The molecule has 0 aliphatic heterocycles. The molecule has 9 heteroatoms. The van der Waals surface area contributed by atoms with Gasteiger partial charge < -0.3 is 14.8 Å². The van der Waals surface area contributed by atoms with E-state index in [-0.39, 0.29) is 16.9 Å². The van der Waals surface area contributed by atoms with Gasteiger partial charge in [0.15, 0.2) is 11.5 Å². The average Bonchev–Trinajstić information content (AvgIpc) is 2.82. The van der Waals surface area contributed by atoms with E-state index in [0.29, 0.717) is 28.1 Å². The van der Waals surface area contributed by atoms with E-state index in [1.165, 1.54) is 37.5 Å². The molecule has 0 unspecified atom stereocenters. The van der Waals surface area contributed by atoms with Crippen LogP contribution in [-0.4, -0.2) is 17.9 Å². The predicted octanol–water partition coefficient (Wildman–Crippen LogP) is 5.80. The third-order valence-electron chi connectivity index (χ3n) is 4.74. The summed E-state index contributed by atoms with van der Waals surface area (Å²) >= 11 is 3.45. The van der Waals surface area contributed by atoms with Crippen molar-refractivity contribution in [3.05, 3.63) is 97.5 Å². The molecule has 0 aromatic heterocycles. The minimum atomic E-state index is -0.700. The van der Waals surface area contributed by atoms with E-state index in [1.54, 1.807) is 12.1 Å². The Balaban J connectivity index is 1.82. The molecule has 0 saturated heterocycles. The van der Waals surface area contributed by atoms with Crippen LogP contribution in [-0.2, 0) is 11.4 Å². The van der Waals surface area contributed by atoms with Gasteiger partial charge in [0.1, 0.15) is 18.2 Å². The van der Waals surface area contributed by atoms with E-state index in [2.05, 4.69) is 21.2 Å². The molecular formula is C25H20BrN3O5. The molecule has 1 N–H and O–H groups in total. The highest BCUT2D eigenvalue weighted by molar-refractivity contribution is 9.10. The lowest BCUT2D eigenvalue weighted by atomic mass is 10.1. The fraction of sp³-hybridized carbons (Fsp3) is 0.120. The van der Waals surface area contributed by atoms with Gasteiger partial charge >= 0.3 is 0 Å². The smallest absolute Gasteiger partial charge is 0.271 e. The summed E-state index contributed by atoms with van der Waals surface area (Å²) in [5, 5.41) is 23.0. The standard InChI is InChI=1S/C25H20BrN3O5/c1-16-5-3-6-17(9-16)15-34-24-13-22(26)18(11-23(24)33-2)10-19(14-27)25(30)28-20-7-4-8-21(12-20)29(31)32/h3-13H,15H2,1-2H3,(H,28,30)/b19-10+. The lowest BCUT2D eigenvalue weighted by molar-refractivity contribution is -0.384. The number of hydrogen-bond acceptors (Lipinski definition) is 6. The number of nitro groups is 1. The van der Waals surface area contributed by atoms with Gasteiger partial charge in [-0.25, -0.2) is 0 Å². The number of anilines is 1. The van der Waals surface area contributed by atoms with E-state index < -0.39 is 10.8 Å². The largest absolute Gasteiger partial charge is 0.493 e. The zero-order valence-corrected chi connectivity index (χ0v) is 20.0. The number of hydrogen-bond donors (Lipinski definition) is 1. The molecule has 0 spiro atoms. The van der Waals surface area contributed by atoms with Crippen molar-refractivity contribution in [3.8, 4) is 17.6 Å². The van der Waals surface area contributed by atoms with E-state index in [0.717, 1.165) is 11.1 Å². The van der Waals surface area contributed by atoms with Gasteiger partial charge in [0.2, 0.25) is 0 Å². The van der Waals surface area contributed by atoms with Gasteiger partial charge in [-0.3, -0.25) is 14.9 Å². The van der Waals surface area contributed by atoms with Crippen LogP contribution in [0.2, 0.25) is 0 Å². The van der Waals surface area contributed by atoms with Crippen LogP contribution < -0.4 is 14.8 Å². The first-order valence-corrected chi connectivity index (χ1v) is 10.8. The molecule has 0 radical (unpaired) electrons. The number of nitriles is 1. The maximum Gasteiger partial charge on any atom is 0.271 e.